The van der Waals surface area contributed by atoms with E-state index in [4.69, 9.17) is 0 Å². The van der Waals surface area contributed by atoms with Gasteiger partial charge in [0.05, 0.1) is 0 Å². The van der Waals surface area contributed by atoms with E-state index in [0.29, 0.717) is 6.04 Å². The van der Waals surface area contributed by atoms with E-state index in [1.54, 1.807) is 0 Å². The minimum atomic E-state index is 0.626. The van der Waals surface area contributed by atoms with Crippen molar-refractivity contribution in [3.63, 3.8) is 0 Å². The predicted molar refractivity (Wildman–Crippen MR) is 69.4 cm³/mol. The van der Waals surface area contributed by atoms with Gasteiger partial charge < -0.3 is 5.32 Å². The molecule has 0 aliphatic carbocycles. The summed E-state index contributed by atoms with van der Waals surface area (Å²) in [5, 5.41) is 5.77. The molecule has 2 heteroatoms. The van der Waals surface area contributed by atoms with Crippen LogP contribution in [0.4, 0.5) is 0 Å². The fourth-order valence-corrected chi connectivity index (χ4v) is 2.56. The molecule has 0 spiro atoms. The number of rotatable bonds is 6. The molecule has 0 aromatic carbocycles. The molecular weight excluding hydrogens is 202 g/mol. The molecule has 2 unspecified atom stereocenters. The summed E-state index contributed by atoms with van der Waals surface area (Å²) in [6.45, 7) is 10.1. The molecule has 1 rings (SSSR count). The third-order valence-corrected chi connectivity index (χ3v) is 4.06. The first-order valence-electron chi connectivity index (χ1n) is 5.89. The largest absolute Gasteiger partial charge is 0.309 e. The minimum absolute atomic E-state index is 0.626. The van der Waals surface area contributed by atoms with Gasteiger partial charge in [-0.3, -0.25) is 0 Å². The average Bonchev–Trinajstić information content (AvgIpc) is 2.61. The van der Waals surface area contributed by atoms with Gasteiger partial charge in [0.25, 0.3) is 0 Å². The smallest absolute Gasteiger partial charge is 0.0304 e. The van der Waals surface area contributed by atoms with Crippen molar-refractivity contribution in [3.8, 4) is 0 Å². The minimum Gasteiger partial charge on any atom is -0.309 e. The molecular formula is C13H23NS. The number of hydrogen-bond acceptors (Lipinski definition) is 2. The number of nitrogens with one attached hydrogen (secondary N) is 1. The van der Waals surface area contributed by atoms with Crippen LogP contribution in [-0.2, 0) is 6.54 Å². The number of hydrogen-bond donors (Lipinski definition) is 1. The molecule has 0 saturated carbocycles. The Labute approximate surface area is 97.9 Å². The molecule has 86 valence electrons. The molecule has 0 radical (unpaired) electrons. The van der Waals surface area contributed by atoms with Crippen molar-refractivity contribution < 1.29 is 0 Å². The summed E-state index contributed by atoms with van der Waals surface area (Å²) < 4.78 is 0. The van der Waals surface area contributed by atoms with Crippen molar-refractivity contribution in [2.24, 2.45) is 5.92 Å². The first-order valence-corrected chi connectivity index (χ1v) is 6.77. The van der Waals surface area contributed by atoms with E-state index < -0.39 is 0 Å². The second kappa shape index (κ2) is 6.29. The first-order chi connectivity index (χ1) is 7.13. The van der Waals surface area contributed by atoms with Crippen LogP contribution in [0.15, 0.2) is 11.4 Å². The molecule has 0 aliphatic heterocycles. The maximum absolute atomic E-state index is 3.60. The van der Waals surface area contributed by atoms with Crippen molar-refractivity contribution in [2.45, 2.75) is 53.1 Å². The molecule has 1 aromatic heterocycles. The summed E-state index contributed by atoms with van der Waals surface area (Å²) in [5.41, 5.74) is 1.42. The Kier molecular flexibility index (Phi) is 5.34. The summed E-state index contributed by atoms with van der Waals surface area (Å²) in [5.74, 6) is 0.830. The van der Waals surface area contributed by atoms with Gasteiger partial charge in [-0.25, -0.2) is 0 Å². The van der Waals surface area contributed by atoms with Gasteiger partial charge in [-0.15, -0.1) is 11.3 Å². The Morgan fingerprint density at radius 2 is 2.13 bits per heavy atom. The highest BCUT2D eigenvalue weighted by molar-refractivity contribution is 7.10. The lowest BCUT2D eigenvalue weighted by molar-refractivity contribution is 0.413. The molecule has 15 heavy (non-hydrogen) atoms. The van der Waals surface area contributed by atoms with Crippen molar-refractivity contribution in [1.29, 1.82) is 0 Å². The maximum Gasteiger partial charge on any atom is 0.0304 e. The van der Waals surface area contributed by atoms with E-state index in [1.165, 1.54) is 23.3 Å². The zero-order valence-corrected chi connectivity index (χ0v) is 11.2. The lowest BCUT2D eigenvalue weighted by Gasteiger charge is -2.17. The first kappa shape index (κ1) is 12.7. The summed E-state index contributed by atoms with van der Waals surface area (Å²) in [6, 6.07) is 2.82. The zero-order valence-electron chi connectivity index (χ0n) is 10.3. The van der Waals surface area contributed by atoms with Crippen LogP contribution in [0.5, 0.6) is 0 Å². The standard InChI is InChI=1S/C13H23NS/c1-5-10(2)8-12(4)14-9-13-11(3)6-7-15-13/h6-7,10,12,14H,5,8-9H2,1-4H3. The highest BCUT2D eigenvalue weighted by atomic mass is 32.1. The second-order valence-electron chi connectivity index (χ2n) is 4.56. The Bertz CT molecular complexity index is 280. The van der Waals surface area contributed by atoms with E-state index in [9.17, 15) is 0 Å². The zero-order chi connectivity index (χ0) is 11.3. The maximum atomic E-state index is 3.60. The van der Waals surface area contributed by atoms with Gasteiger partial charge in [0.2, 0.25) is 0 Å². The molecule has 1 heterocycles. The van der Waals surface area contributed by atoms with Gasteiger partial charge in [0.15, 0.2) is 0 Å². The van der Waals surface area contributed by atoms with E-state index in [-0.39, 0.29) is 0 Å². The Morgan fingerprint density at radius 1 is 1.40 bits per heavy atom. The Morgan fingerprint density at radius 3 is 2.67 bits per heavy atom. The van der Waals surface area contributed by atoms with Crippen LogP contribution in [0.1, 0.15) is 44.1 Å². The SMILES string of the molecule is CCC(C)CC(C)NCc1sccc1C. The quantitative estimate of drug-likeness (QED) is 0.772. The van der Waals surface area contributed by atoms with E-state index in [1.807, 2.05) is 11.3 Å². The average molecular weight is 225 g/mol. The van der Waals surface area contributed by atoms with E-state index >= 15 is 0 Å². The van der Waals surface area contributed by atoms with Crippen LogP contribution in [-0.4, -0.2) is 6.04 Å². The van der Waals surface area contributed by atoms with Crippen LogP contribution in [0, 0.1) is 12.8 Å². The van der Waals surface area contributed by atoms with E-state index in [2.05, 4.69) is 44.5 Å². The second-order valence-corrected chi connectivity index (χ2v) is 5.56. The van der Waals surface area contributed by atoms with Crippen molar-refractivity contribution in [2.75, 3.05) is 0 Å². The van der Waals surface area contributed by atoms with Gasteiger partial charge in [-0.05, 0) is 43.2 Å². The molecule has 0 amide bonds. The lowest BCUT2D eigenvalue weighted by atomic mass is 10.0. The van der Waals surface area contributed by atoms with Crippen molar-refractivity contribution >= 4 is 11.3 Å². The number of thiophene rings is 1. The van der Waals surface area contributed by atoms with Crippen LogP contribution >= 0.6 is 11.3 Å². The van der Waals surface area contributed by atoms with Crippen LogP contribution < -0.4 is 5.32 Å². The van der Waals surface area contributed by atoms with Crippen molar-refractivity contribution in [3.05, 3.63) is 21.9 Å². The Hall–Kier alpha value is -0.340. The number of aryl methyl sites for hydroxylation is 1. The molecule has 0 saturated heterocycles. The van der Waals surface area contributed by atoms with Gasteiger partial charge in [0, 0.05) is 17.5 Å². The third-order valence-electron chi connectivity index (χ3n) is 3.03. The molecule has 0 bridgehead atoms. The fraction of sp³-hybridized carbons (Fsp3) is 0.692. The van der Waals surface area contributed by atoms with Gasteiger partial charge in [-0.1, -0.05) is 20.3 Å². The van der Waals surface area contributed by atoms with Crippen LogP contribution in [0.25, 0.3) is 0 Å². The highest BCUT2D eigenvalue weighted by Gasteiger charge is 2.07. The molecule has 0 fully saturated rings. The summed E-state index contributed by atoms with van der Waals surface area (Å²) in [4.78, 5) is 1.48. The van der Waals surface area contributed by atoms with Crippen LogP contribution in [0.2, 0.25) is 0 Å². The highest BCUT2D eigenvalue weighted by Crippen LogP contribution is 2.16. The van der Waals surface area contributed by atoms with E-state index in [0.717, 1.165) is 12.5 Å². The monoisotopic (exact) mass is 225 g/mol. The normalized spacial score (nSPS) is 15.2. The summed E-state index contributed by atoms with van der Waals surface area (Å²) >= 11 is 1.85. The summed E-state index contributed by atoms with van der Waals surface area (Å²) in [7, 11) is 0. The van der Waals surface area contributed by atoms with Gasteiger partial charge >= 0.3 is 0 Å². The molecule has 1 N–H and O–H groups in total. The lowest BCUT2D eigenvalue weighted by Crippen LogP contribution is -2.27. The fourth-order valence-electron chi connectivity index (χ4n) is 1.71. The van der Waals surface area contributed by atoms with Crippen LogP contribution in [0.3, 0.4) is 0 Å². The predicted octanol–water partition coefficient (Wildman–Crippen LogP) is 3.97. The Balaban J connectivity index is 2.28. The van der Waals surface area contributed by atoms with Crippen molar-refractivity contribution in [1.82, 2.24) is 5.32 Å². The molecule has 2 atom stereocenters. The van der Waals surface area contributed by atoms with Gasteiger partial charge in [0.1, 0.15) is 0 Å². The summed E-state index contributed by atoms with van der Waals surface area (Å²) in [6.07, 6.45) is 2.56. The van der Waals surface area contributed by atoms with Gasteiger partial charge in [-0.2, -0.15) is 0 Å². The molecule has 0 aliphatic rings. The topological polar surface area (TPSA) is 12.0 Å². The third kappa shape index (κ3) is 4.35. The molecule has 1 aromatic rings. The molecule has 1 nitrogen and oxygen atoms in total.